The Labute approximate surface area is 150 Å². The normalized spacial score (nSPS) is 12.7. The second-order valence-corrected chi connectivity index (χ2v) is 7.62. The molecule has 2 rings (SSSR count). The fourth-order valence-corrected chi connectivity index (χ4v) is 3.07. The molecule has 8 heteroatoms. The van der Waals surface area contributed by atoms with Crippen LogP contribution in [-0.2, 0) is 9.53 Å². The number of hydrogen-bond acceptors (Lipinski definition) is 8. The van der Waals surface area contributed by atoms with Crippen LogP contribution in [0.2, 0.25) is 0 Å². The maximum atomic E-state index is 12.6. The largest absolute Gasteiger partial charge is 0.464 e. The number of ether oxygens (including phenoxy) is 1. The molecule has 0 aliphatic rings. The van der Waals surface area contributed by atoms with E-state index in [1.165, 1.54) is 0 Å². The molecule has 0 aliphatic carbocycles. The van der Waals surface area contributed by atoms with Crippen LogP contribution < -0.4 is 11.1 Å². The second-order valence-electron chi connectivity index (χ2n) is 6.59. The van der Waals surface area contributed by atoms with Gasteiger partial charge in [0.15, 0.2) is 22.6 Å². The molecule has 25 heavy (non-hydrogen) atoms. The summed E-state index contributed by atoms with van der Waals surface area (Å²) in [6.07, 6.45) is 0. The number of hydrogen-bond donors (Lipinski definition) is 2. The van der Waals surface area contributed by atoms with Crippen molar-refractivity contribution in [1.82, 2.24) is 4.98 Å². The lowest BCUT2D eigenvalue weighted by molar-refractivity contribution is -0.143. The Morgan fingerprint density at radius 3 is 2.68 bits per heavy atom. The van der Waals surface area contributed by atoms with E-state index in [1.54, 1.807) is 26.0 Å². The van der Waals surface area contributed by atoms with Gasteiger partial charge in [0.05, 0.1) is 6.61 Å². The van der Waals surface area contributed by atoms with Crippen LogP contribution in [0.15, 0.2) is 16.5 Å². The highest BCUT2D eigenvalue weighted by atomic mass is 32.1. The summed E-state index contributed by atoms with van der Waals surface area (Å²) < 4.78 is 10.6. The molecule has 136 valence electrons. The third-order valence-corrected chi connectivity index (χ3v) is 4.25. The maximum Gasteiger partial charge on any atom is 0.328 e. The number of nitrogens with two attached hydrogens (primary N) is 1. The predicted octanol–water partition coefficient (Wildman–Crippen LogP) is 3.58. The maximum absolute atomic E-state index is 12.6. The average Bonchev–Trinajstić information content (AvgIpc) is 3.12. The Hall–Kier alpha value is -2.35. The van der Waals surface area contributed by atoms with Crippen LogP contribution in [0.3, 0.4) is 0 Å². The molecule has 2 aromatic heterocycles. The summed E-state index contributed by atoms with van der Waals surface area (Å²) in [7, 11) is 0. The number of carbonyl (C=O) groups is 2. The summed E-state index contributed by atoms with van der Waals surface area (Å²) in [5.74, 6) is 0.375. The van der Waals surface area contributed by atoms with Gasteiger partial charge >= 0.3 is 5.97 Å². The number of aromatic nitrogens is 1. The lowest BCUT2D eigenvalue weighted by atomic mass is 9.89. The first-order chi connectivity index (χ1) is 11.6. The van der Waals surface area contributed by atoms with E-state index in [0.29, 0.717) is 34.0 Å². The standard InChI is InChI=1S/C17H23N3O4S/c1-6-23-15(22)9(2)19-11-8-7-10(24-11)12-13(25-16(18)20-12)14(21)17(3,4)5/h7-9,19H,6H2,1-5H3,(H2,18,20)/t9-/m0/s1. The lowest BCUT2D eigenvalue weighted by Gasteiger charge is -2.15. The zero-order valence-corrected chi connectivity index (χ0v) is 15.8. The molecule has 0 saturated carbocycles. The first-order valence-electron chi connectivity index (χ1n) is 7.98. The van der Waals surface area contributed by atoms with E-state index in [0.717, 1.165) is 11.3 Å². The van der Waals surface area contributed by atoms with Gasteiger partial charge in [-0.2, -0.15) is 0 Å². The van der Waals surface area contributed by atoms with Gasteiger partial charge in [-0.25, -0.2) is 9.78 Å². The fraction of sp³-hybridized carbons (Fsp3) is 0.471. The van der Waals surface area contributed by atoms with Crippen molar-refractivity contribution < 1.29 is 18.7 Å². The molecule has 0 aromatic carbocycles. The number of ketones is 1. The third-order valence-electron chi connectivity index (χ3n) is 3.37. The monoisotopic (exact) mass is 365 g/mol. The summed E-state index contributed by atoms with van der Waals surface area (Å²) in [5.41, 5.74) is 5.66. The molecule has 0 amide bonds. The topological polar surface area (TPSA) is 107 Å². The van der Waals surface area contributed by atoms with E-state index in [4.69, 9.17) is 14.9 Å². The van der Waals surface area contributed by atoms with Gasteiger partial charge in [0.2, 0.25) is 0 Å². The number of nitrogen functional groups attached to an aromatic ring is 1. The first kappa shape index (κ1) is 19.0. The molecular formula is C17H23N3O4S. The molecule has 1 atom stereocenters. The highest BCUT2D eigenvalue weighted by Gasteiger charge is 2.29. The number of esters is 1. The van der Waals surface area contributed by atoms with Gasteiger partial charge in [0.1, 0.15) is 16.6 Å². The minimum atomic E-state index is -0.560. The quantitative estimate of drug-likeness (QED) is 0.595. The van der Waals surface area contributed by atoms with Crippen LogP contribution in [0.5, 0.6) is 0 Å². The summed E-state index contributed by atoms with van der Waals surface area (Å²) in [6.45, 7) is 9.25. The second kappa shape index (κ2) is 7.26. The fourth-order valence-electron chi connectivity index (χ4n) is 2.08. The van der Waals surface area contributed by atoms with Crippen LogP contribution in [0, 0.1) is 5.41 Å². The number of nitrogens with one attached hydrogen (secondary N) is 1. The Bertz CT molecular complexity index is 773. The minimum absolute atomic E-state index is 0.0532. The van der Waals surface area contributed by atoms with E-state index in [9.17, 15) is 9.59 Å². The van der Waals surface area contributed by atoms with E-state index < -0.39 is 11.5 Å². The number of furan rings is 1. The van der Waals surface area contributed by atoms with Crippen LogP contribution >= 0.6 is 11.3 Å². The highest BCUT2D eigenvalue weighted by molar-refractivity contribution is 7.17. The summed E-state index contributed by atoms with van der Waals surface area (Å²) in [5, 5.41) is 3.22. The molecule has 2 heterocycles. The molecule has 0 fully saturated rings. The number of thiazole rings is 1. The molecule has 3 N–H and O–H groups in total. The Morgan fingerprint density at radius 1 is 1.40 bits per heavy atom. The van der Waals surface area contributed by atoms with Crippen molar-refractivity contribution in [2.45, 2.75) is 40.7 Å². The summed E-state index contributed by atoms with van der Waals surface area (Å²) >= 11 is 1.14. The van der Waals surface area contributed by atoms with Crippen molar-refractivity contribution in [3.63, 3.8) is 0 Å². The number of nitrogens with zero attached hydrogens (tertiary/aromatic N) is 1. The zero-order chi connectivity index (χ0) is 18.8. The molecule has 0 aliphatic heterocycles. The van der Waals surface area contributed by atoms with Gasteiger partial charge in [-0.1, -0.05) is 32.1 Å². The van der Waals surface area contributed by atoms with Gasteiger partial charge in [-0.05, 0) is 19.9 Å². The highest BCUT2D eigenvalue weighted by Crippen LogP contribution is 2.36. The lowest BCUT2D eigenvalue weighted by Crippen LogP contribution is -2.27. The van der Waals surface area contributed by atoms with Gasteiger partial charge in [-0.15, -0.1) is 0 Å². The van der Waals surface area contributed by atoms with Gasteiger partial charge in [0.25, 0.3) is 0 Å². The Kier molecular flexibility index (Phi) is 5.52. The average molecular weight is 365 g/mol. The smallest absolute Gasteiger partial charge is 0.328 e. The van der Waals surface area contributed by atoms with Crippen LogP contribution in [-0.4, -0.2) is 29.4 Å². The SMILES string of the molecule is CCOC(=O)[C@H](C)Nc1ccc(-c2nc(N)sc2C(=O)C(C)(C)C)o1. The Morgan fingerprint density at radius 2 is 2.08 bits per heavy atom. The molecule has 0 saturated heterocycles. The molecule has 0 unspecified atom stereocenters. The number of Topliss-reactive ketones (excluding diaryl/α,β-unsaturated/α-hetero) is 1. The molecule has 2 aromatic rings. The third kappa shape index (κ3) is 4.39. The van der Waals surface area contributed by atoms with Crippen molar-refractivity contribution in [1.29, 1.82) is 0 Å². The molecule has 7 nitrogen and oxygen atoms in total. The first-order valence-corrected chi connectivity index (χ1v) is 8.79. The predicted molar refractivity (Wildman–Crippen MR) is 97.7 cm³/mol. The van der Waals surface area contributed by atoms with Crippen LogP contribution in [0.25, 0.3) is 11.5 Å². The van der Waals surface area contributed by atoms with E-state index in [2.05, 4.69) is 10.3 Å². The van der Waals surface area contributed by atoms with Gasteiger partial charge < -0.3 is 20.2 Å². The van der Waals surface area contributed by atoms with Gasteiger partial charge in [0, 0.05) is 11.5 Å². The number of rotatable bonds is 6. The van der Waals surface area contributed by atoms with Gasteiger partial charge in [-0.3, -0.25) is 4.79 Å². The zero-order valence-electron chi connectivity index (χ0n) is 15.0. The van der Waals surface area contributed by atoms with Crippen molar-refractivity contribution in [2.75, 3.05) is 17.7 Å². The molecule has 0 bridgehead atoms. The van der Waals surface area contributed by atoms with Crippen LogP contribution in [0.4, 0.5) is 11.0 Å². The number of anilines is 2. The van der Waals surface area contributed by atoms with E-state index >= 15 is 0 Å². The van der Waals surface area contributed by atoms with Crippen LogP contribution in [0.1, 0.15) is 44.3 Å². The van der Waals surface area contributed by atoms with E-state index in [1.807, 2.05) is 20.8 Å². The molecule has 0 radical (unpaired) electrons. The summed E-state index contributed by atoms with van der Waals surface area (Å²) in [4.78, 5) is 29.0. The van der Waals surface area contributed by atoms with Crippen molar-refractivity contribution in [2.24, 2.45) is 5.41 Å². The summed E-state index contributed by atoms with van der Waals surface area (Å²) in [6, 6.07) is 2.80. The molecule has 0 spiro atoms. The molecular weight excluding hydrogens is 342 g/mol. The Balaban J connectivity index is 2.26. The number of carbonyl (C=O) groups excluding carboxylic acids is 2. The van der Waals surface area contributed by atoms with Crippen molar-refractivity contribution >= 4 is 34.1 Å². The van der Waals surface area contributed by atoms with Crippen molar-refractivity contribution in [3.05, 3.63) is 17.0 Å². The van der Waals surface area contributed by atoms with E-state index in [-0.39, 0.29) is 11.8 Å². The minimum Gasteiger partial charge on any atom is -0.464 e. The van der Waals surface area contributed by atoms with Crippen molar-refractivity contribution in [3.8, 4) is 11.5 Å².